The van der Waals surface area contributed by atoms with Gasteiger partial charge in [-0.3, -0.25) is 4.98 Å². The van der Waals surface area contributed by atoms with Crippen LogP contribution in [-0.2, 0) is 6.18 Å². The van der Waals surface area contributed by atoms with Crippen LogP contribution in [0.2, 0.25) is 0 Å². The molecule has 0 aliphatic carbocycles. The van der Waals surface area contributed by atoms with Gasteiger partial charge in [-0.15, -0.1) is 0 Å². The van der Waals surface area contributed by atoms with Gasteiger partial charge < -0.3 is 5.32 Å². The van der Waals surface area contributed by atoms with E-state index in [1.807, 2.05) is 19.9 Å². The van der Waals surface area contributed by atoms with Crippen LogP contribution in [0.4, 0.5) is 13.2 Å². The zero-order chi connectivity index (χ0) is 15.5. The number of nitrogens with one attached hydrogen (secondary N) is 1. The summed E-state index contributed by atoms with van der Waals surface area (Å²) in [6, 6.07) is 8.68. The maximum atomic E-state index is 13.2. The Hall–Kier alpha value is -1.88. The third-order valence-electron chi connectivity index (χ3n) is 3.22. The van der Waals surface area contributed by atoms with E-state index in [-0.39, 0.29) is 5.56 Å². The third kappa shape index (κ3) is 3.61. The van der Waals surface area contributed by atoms with Crippen LogP contribution in [0.1, 0.15) is 35.3 Å². The number of hydrogen-bond acceptors (Lipinski definition) is 2. The molecule has 0 fully saturated rings. The number of alkyl halides is 3. The Morgan fingerprint density at radius 1 is 1.19 bits per heavy atom. The van der Waals surface area contributed by atoms with Crippen LogP contribution >= 0.6 is 0 Å². The van der Waals surface area contributed by atoms with E-state index in [1.165, 1.54) is 12.1 Å². The zero-order valence-electron chi connectivity index (χ0n) is 11.9. The zero-order valence-corrected chi connectivity index (χ0v) is 11.9. The molecule has 1 unspecified atom stereocenters. The smallest absolute Gasteiger partial charge is 0.305 e. The highest BCUT2D eigenvalue weighted by Gasteiger charge is 2.35. The standard InChI is InChI=1S/C16H17F3N2/c1-3-20-15(14-10-11(2)8-9-21-14)12-6-4-5-7-13(12)16(17,18)19/h4-10,15,20H,3H2,1-2H3. The lowest BCUT2D eigenvalue weighted by molar-refractivity contribution is -0.138. The molecule has 1 N–H and O–H groups in total. The van der Waals surface area contributed by atoms with Crippen molar-refractivity contribution >= 4 is 0 Å². The summed E-state index contributed by atoms with van der Waals surface area (Å²) in [6.45, 7) is 4.30. The van der Waals surface area contributed by atoms with Crippen molar-refractivity contribution in [2.24, 2.45) is 0 Å². The minimum atomic E-state index is -4.38. The second-order valence-electron chi connectivity index (χ2n) is 4.83. The van der Waals surface area contributed by atoms with E-state index in [0.717, 1.165) is 11.6 Å². The first-order valence-corrected chi connectivity index (χ1v) is 6.75. The van der Waals surface area contributed by atoms with Gasteiger partial charge in [0.05, 0.1) is 17.3 Å². The molecule has 2 aromatic rings. The molecule has 1 heterocycles. The fourth-order valence-corrected chi connectivity index (χ4v) is 2.30. The number of aryl methyl sites for hydroxylation is 1. The molecular formula is C16H17F3N2. The maximum Gasteiger partial charge on any atom is 0.416 e. The summed E-state index contributed by atoms with van der Waals surface area (Å²) in [5.41, 5.74) is 1.13. The van der Waals surface area contributed by atoms with E-state index in [2.05, 4.69) is 10.3 Å². The molecule has 0 bridgehead atoms. The number of halogens is 3. The highest BCUT2D eigenvalue weighted by atomic mass is 19.4. The molecule has 0 spiro atoms. The van der Waals surface area contributed by atoms with Crippen LogP contribution in [0.3, 0.4) is 0 Å². The fraction of sp³-hybridized carbons (Fsp3) is 0.312. The quantitative estimate of drug-likeness (QED) is 0.918. The van der Waals surface area contributed by atoms with Gasteiger partial charge in [-0.2, -0.15) is 13.2 Å². The molecular weight excluding hydrogens is 277 g/mol. The van der Waals surface area contributed by atoms with Crippen LogP contribution in [0.5, 0.6) is 0 Å². The van der Waals surface area contributed by atoms with E-state index in [9.17, 15) is 13.2 Å². The van der Waals surface area contributed by atoms with Gasteiger partial charge in [-0.05, 0) is 42.8 Å². The van der Waals surface area contributed by atoms with Gasteiger partial charge in [-0.25, -0.2) is 0 Å². The van der Waals surface area contributed by atoms with Crippen LogP contribution < -0.4 is 5.32 Å². The summed E-state index contributed by atoms with van der Waals surface area (Å²) in [5.74, 6) is 0. The predicted molar refractivity (Wildman–Crippen MR) is 75.9 cm³/mol. The molecule has 21 heavy (non-hydrogen) atoms. The molecule has 5 heteroatoms. The highest BCUT2D eigenvalue weighted by Crippen LogP contribution is 2.36. The molecule has 2 nitrogen and oxygen atoms in total. The summed E-state index contributed by atoms with van der Waals surface area (Å²) in [7, 11) is 0. The topological polar surface area (TPSA) is 24.9 Å². The average Bonchev–Trinajstić information content (AvgIpc) is 2.44. The minimum Gasteiger partial charge on any atom is -0.305 e. The Kier molecular flexibility index (Phi) is 4.63. The molecule has 0 saturated heterocycles. The van der Waals surface area contributed by atoms with Crippen molar-refractivity contribution in [3.63, 3.8) is 0 Å². The summed E-state index contributed by atoms with van der Waals surface area (Å²) in [5, 5.41) is 3.09. The minimum absolute atomic E-state index is 0.199. The van der Waals surface area contributed by atoms with Gasteiger partial charge in [0.25, 0.3) is 0 Å². The van der Waals surface area contributed by atoms with Gasteiger partial charge in [0.2, 0.25) is 0 Å². The third-order valence-corrected chi connectivity index (χ3v) is 3.22. The van der Waals surface area contributed by atoms with Gasteiger partial charge in [0.1, 0.15) is 0 Å². The van der Waals surface area contributed by atoms with Crippen molar-refractivity contribution in [3.8, 4) is 0 Å². The lowest BCUT2D eigenvalue weighted by atomic mass is 9.96. The van der Waals surface area contributed by atoms with Gasteiger partial charge >= 0.3 is 6.18 Å². The number of pyridine rings is 1. The van der Waals surface area contributed by atoms with E-state index < -0.39 is 17.8 Å². The first-order chi connectivity index (χ1) is 9.93. The van der Waals surface area contributed by atoms with Gasteiger partial charge in [-0.1, -0.05) is 25.1 Å². The first kappa shape index (κ1) is 15.5. The largest absolute Gasteiger partial charge is 0.416 e. The van der Waals surface area contributed by atoms with Crippen molar-refractivity contribution in [2.45, 2.75) is 26.1 Å². The fourth-order valence-electron chi connectivity index (χ4n) is 2.30. The second kappa shape index (κ2) is 6.26. The number of rotatable bonds is 4. The molecule has 1 aromatic carbocycles. The number of hydrogen-bond donors (Lipinski definition) is 1. The maximum absolute atomic E-state index is 13.2. The molecule has 0 aliphatic rings. The molecule has 1 aromatic heterocycles. The lowest BCUT2D eigenvalue weighted by Gasteiger charge is -2.22. The molecule has 0 radical (unpaired) electrons. The molecule has 2 rings (SSSR count). The van der Waals surface area contributed by atoms with E-state index in [0.29, 0.717) is 12.2 Å². The van der Waals surface area contributed by atoms with E-state index >= 15 is 0 Å². The SMILES string of the molecule is CCNC(c1cc(C)ccn1)c1ccccc1C(F)(F)F. The Morgan fingerprint density at radius 2 is 1.90 bits per heavy atom. The Morgan fingerprint density at radius 3 is 2.52 bits per heavy atom. The molecule has 1 atom stereocenters. The van der Waals surface area contributed by atoms with Crippen molar-refractivity contribution in [1.82, 2.24) is 10.3 Å². The van der Waals surface area contributed by atoms with E-state index in [1.54, 1.807) is 18.3 Å². The Bertz CT molecular complexity index is 608. The van der Waals surface area contributed by atoms with Crippen molar-refractivity contribution < 1.29 is 13.2 Å². The average molecular weight is 294 g/mol. The van der Waals surface area contributed by atoms with Crippen LogP contribution in [0.15, 0.2) is 42.6 Å². The second-order valence-corrected chi connectivity index (χ2v) is 4.83. The number of nitrogens with zero attached hydrogens (tertiary/aromatic N) is 1. The summed E-state index contributed by atoms with van der Waals surface area (Å²) in [6.07, 6.45) is -2.76. The molecule has 0 aliphatic heterocycles. The monoisotopic (exact) mass is 294 g/mol. The highest BCUT2D eigenvalue weighted by molar-refractivity contribution is 5.37. The molecule has 0 saturated carbocycles. The van der Waals surface area contributed by atoms with Crippen molar-refractivity contribution in [1.29, 1.82) is 0 Å². The first-order valence-electron chi connectivity index (χ1n) is 6.75. The summed E-state index contributed by atoms with van der Waals surface area (Å²) in [4.78, 5) is 4.23. The normalized spacial score (nSPS) is 13.2. The van der Waals surface area contributed by atoms with Crippen LogP contribution in [-0.4, -0.2) is 11.5 Å². The van der Waals surface area contributed by atoms with Crippen LogP contribution in [0, 0.1) is 6.92 Å². The Balaban J connectivity index is 2.54. The summed E-state index contributed by atoms with van der Waals surface area (Å²) < 4.78 is 39.6. The summed E-state index contributed by atoms with van der Waals surface area (Å²) >= 11 is 0. The predicted octanol–water partition coefficient (Wildman–Crippen LogP) is 4.11. The molecule has 0 amide bonds. The van der Waals surface area contributed by atoms with Crippen molar-refractivity contribution in [3.05, 3.63) is 65.0 Å². The lowest BCUT2D eigenvalue weighted by Crippen LogP contribution is -2.25. The van der Waals surface area contributed by atoms with Gasteiger partial charge in [0, 0.05) is 6.20 Å². The van der Waals surface area contributed by atoms with Gasteiger partial charge in [0.15, 0.2) is 0 Å². The Labute approximate surface area is 122 Å². The number of aromatic nitrogens is 1. The van der Waals surface area contributed by atoms with Crippen LogP contribution in [0.25, 0.3) is 0 Å². The van der Waals surface area contributed by atoms with E-state index in [4.69, 9.17) is 0 Å². The van der Waals surface area contributed by atoms with Crippen molar-refractivity contribution in [2.75, 3.05) is 6.54 Å². The molecule has 112 valence electrons. The number of benzene rings is 1.